The number of fused-ring (bicyclic) bond motifs is 1. The lowest BCUT2D eigenvalue weighted by atomic mass is 9.96. The molecular formula is C19H25N5O2. The molecule has 7 nitrogen and oxygen atoms in total. The van der Waals surface area contributed by atoms with E-state index in [-0.39, 0.29) is 17.6 Å². The summed E-state index contributed by atoms with van der Waals surface area (Å²) in [5.41, 5.74) is 1.18. The molecule has 138 valence electrons. The molecule has 0 saturated heterocycles. The van der Waals surface area contributed by atoms with Gasteiger partial charge in [-0.15, -0.1) is 0 Å². The molecule has 3 aromatic rings. The summed E-state index contributed by atoms with van der Waals surface area (Å²) in [7, 11) is 0. The molecule has 1 aromatic carbocycles. The fourth-order valence-electron chi connectivity index (χ4n) is 2.91. The number of H-pyrrole nitrogens is 1. The van der Waals surface area contributed by atoms with Gasteiger partial charge < -0.3 is 10.0 Å². The molecule has 0 unspecified atom stereocenters. The molecule has 0 fully saturated rings. The Morgan fingerprint density at radius 1 is 1.23 bits per heavy atom. The van der Waals surface area contributed by atoms with Crippen molar-refractivity contribution in [2.75, 3.05) is 24.6 Å². The molecule has 0 aliphatic heterocycles. The van der Waals surface area contributed by atoms with Crippen molar-refractivity contribution < 1.29 is 5.11 Å². The number of aromatic amines is 1. The average Bonchev–Trinajstić information content (AvgIpc) is 3.03. The van der Waals surface area contributed by atoms with Crippen molar-refractivity contribution in [3.05, 3.63) is 46.9 Å². The number of rotatable bonds is 6. The zero-order valence-corrected chi connectivity index (χ0v) is 15.4. The molecule has 26 heavy (non-hydrogen) atoms. The van der Waals surface area contributed by atoms with E-state index in [0.29, 0.717) is 36.5 Å². The van der Waals surface area contributed by atoms with Crippen LogP contribution < -0.4 is 10.5 Å². The van der Waals surface area contributed by atoms with Crippen molar-refractivity contribution in [3.8, 4) is 5.69 Å². The summed E-state index contributed by atoms with van der Waals surface area (Å²) in [6.07, 6.45) is 2.15. The third kappa shape index (κ3) is 3.94. The molecule has 0 amide bonds. The predicted molar refractivity (Wildman–Crippen MR) is 103 cm³/mol. The number of anilines is 1. The summed E-state index contributed by atoms with van der Waals surface area (Å²) in [6.45, 7) is 7.80. The highest BCUT2D eigenvalue weighted by Gasteiger charge is 2.20. The number of aliphatic hydroxyl groups is 1. The minimum absolute atomic E-state index is 0.0165. The van der Waals surface area contributed by atoms with Crippen LogP contribution in [0, 0.1) is 5.41 Å². The molecule has 0 saturated carbocycles. The smallest absolute Gasteiger partial charge is 0.263 e. The van der Waals surface area contributed by atoms with Gasteiger partial charge in [0.05, 0.1) is 11.9 Å². The molecule has 0 aliphatic rings. The zero-order valence-electron chi connectivity index (χ0n) is 15.4. The predicted octanol–water partition coefficient (Wildman–Crippen LogP) is 2.34. The first-order chi connectivity index (χ1) is 12.4. The van der Waals surface area contributed by atoms with Crippen LogP contribution >= 0.6 is 0 Å². The van der Waals surface area contributed by atoms with Crippen LogP contribution in [0.25, 0.3) is 16.7 Å². The van der Waals surface area contributed by atoms with Gasteiger partial charge in [-0.3, -0.25) is 9.78 Å². The quantitative estimate of drug-likeness (QED) is 0.709. The van der Waals surface area contributed by atoms with E-state index in [1.165, 1.54) is 0 Å². The monoisotopic (exact) mass is 355 g/mol. The summed E-state index contributed by atoms with van der Waals surface area (Å²) >= 11 is 0. The first-order valence-electron chi connectivity index (χ1n) is 8.78. The minimum atomic E-state index is -0.213. The standard InChI is InChI=1S/C19H25N5O2/c1-19(2,3)13-23(10-7-11-25)18-21-16-15(17(26)22-18)12-20-24(16)14-8-5-4-6-9-14/h4-6,8-9,12,25H,7,10-11,13H2,1-3H3,(H,21,22,26). The van der Waals surface area contributed by atoms with Crippen LogP contribution in [-0.2, 0) is 0 Å². The molecule has 0 atom stereocenters. The second kappa shape index (κ2) is 7.29. The van der Waals surface area contributed by atoms with Gasteiger partial charge in [-0.2, -0.15) is 10.1 Å². The number of nitrogens with zero attached hydrogens (tertiary/aromatic N) is 4. The average molecular weight is 355 g/mol. The molecule has 2 N–H and O–H groups in total. The van der Waals surface area contributed by atoms with Gasteiger partial charge in [-0.1, -0.05) is 39.0 Å². The Bertz CT molecular complexity index is 924. The lowest BCUT2D eigenvalue weighted by Crippen LogP contribution is -2.36. The Morgan fingerprint density at radius 3 is 2.62 bits per heavy atom. The largest absolute Gasteiger partial charge is 0.396 e. The van der Waals surface area contributed by atoms with E-state index in [9.17, 15) is 9.90 Å². The molecule has 2 heterocycles. The summed E-state index contributed by atoms with van der Waals surface area (Å²) < 4.78 is 1.68. The van der Waals surface area contributed by atoms with Crippen molar-refractivity contribution in [2.24, 2.45) is 5.41 Å². The van der Waals surface area contributed by atoms with Crippen molar-refractivity contribution in [1.29, 1.82) is 0 Å². The van der Waals surface area contributed by atoms with E-state index in [0.717, 1.165) is 5.69 Å². The van der Waals surface area contributed by atoms with E-state index in [1.54, 1.807) is 10.9 Å². The summed E-state index contributed by atoms with van der Waals surface area (Å²) in [5, 5.41) is 14.0. The number of hydrogen-bond acceptors (Lipinski definition) is 5. The Kier molecular flexibility index (Phi) is 5.08. The number of nitrogens with one attached hydrogen (secondary N) is 1. The maximum Gasteiger partial charge on any atom is 0.263 e. The molecule has 2 aromatic heterocycles. The van der Waals surface area contributed by atoms with Crippen LogP contribution in [-0.4, -0.2) is 44.6 Å². The first-order valence-corrected chi connectivity index (χ1v) is 8.78. The van der Waals surface area contributed by atoms with Gasteiger partial charge in [-0.25, -0.2) is 4.68 Å². The van der Waals surface area contributed by atoms with Crippen molar-refractivity contribution in [1.82, 2.24) is 19.7 Å². The lowest BCUT2D eigenvalue weighted by molar-refractivity contribution is 0.286. The third-order valence-electron chi connectivity index (χ3n) is 3.98. The Balaban J connectivity index is 2.09. The molecule has 0 spiro atoms. The van der Waals surface area contributed by atoms with E-state index < -0.39 is 0 Å². The number of benzene rings is 1. The highest BCUT2D eigenvalue weighted by atomic mass is 16.3. The topological polar surface area (TPSA) is 87.0 Å². The third-order valence-corrected chi connectivity index (χ3v) is 3.98. The molecule has 0 aliphatic carbocycles. The van der Waals surface area contributed by atoms with E-state index >= 15 is 0 Å². The number of aliphatic hydroxyl groups excluding tert-OH is 1. The number of para-hydroxylation sites is 1. The van der Waals surface area contributed by atoms with Gasteiger partial charge in [0.2, 0.25) is 5.95 Å². The fraction of sp³-hybridized carbons (Fsp3) is 0.421. The van der Waals surface area contributed by atoms with Crippen LogP contribution in [0.5, 0.6) is 0 Å². The second-order valence-corrected chi connectivity index (χ2v) is 7.58. The van der Waals surface area contributed by atoms with Crippen LogP contribution in [0.2, 0.25) is 0 Å². The minimum Gasteiger partial charge on any atom is -0.396 e. The number of hydrogen-bond donors (Lipinski definition) is 2. The van der Waals surface area contributed by atoms with Gasteiger partial charge in [0, 0.05) is 19.7 Å². The fourth-order valence-corrected chi connectivity index (χ4v) is 2.91. The Labute approximate surface area is 152 Å². The maximum absolute atomic E-state index is 12.6. The van der Waals surface area contributed by atoms with Crippen LogP contribution in [0.4, 0.5) is 5.95 Å². The van der Waals surface area contributed by atoms with Gasteiger partial charge in [0.1, 0.15) is 5.39 Å². The Hall–Kier alpha value is -2.67. The van der Waals surface area contributed by atoms with Crippen LogP contribution in [0.1, 0.15) is 27.2 Å². The van der Waals surface area contributed by atoms with E-state index in [2.05, 4.69) is 30.9 Å². The second-order valence-electron chi connectivity index (χ2n) is 7.58. The van der Waals surface area contributed by atoms with E-state index in [4.69, 9.17) is 4.98 Å². The van der Waals surface area contributed by atoms with Crippen LogP contribution in [0.3, 0.4) is 0 Å². The summed E-state index contributed by atoms with van der Waals surface area (Å²) in [4.78, 5) is 22.1. The zero-order chi connectivity index (χ0) is 18.7. The van der Waals surface area contributed by atoms with Gasteiger partial charge in [-0.05, 0) is 24.0 Å². The van der Waals surface area contributed by atoms with Crippen molar-refractivity contribution in [2.45, 2.75) is 27.2 Å². The maximum atomic E-state index is 12.6. The normalized spacial score (nSPS) is 11.8. The lowest BCUT2D eigenvalue weighted by Gasteiger charge is -2.30. The molecular weight excluding hydrogens is 330 g/mol. The summed E-state index contributed by atoms with van der Waals surface area (Å²) in [5.74, 6) is 0.503. The molecule has 0 radical (unpaired) electrons. The first kappa shape index (κ1) is 18.1. The van der Waals surface area contributed by atoms with Gasteiger partial charge in [0.25, 0.3) is 5.56 Å². The van der Waals surface area contributed by atoms with Crippen molar-refractivity contribution in [3.63, 3.8) is 0 Å². The highest BCUT2D eigenvalue weighted by molar-refractivity contribution is 5.76. The van der Waals surface area contributed by atoms with Gasteiger partial charge >= 0.3 is 0 Å². The molecule has 7 heteroatoms. The van der Waals surface area contributed by atoms with Crippen LogP contribution in [0.15, 0.2) is 41.3 Å². The van der Waals surface area contributed by atoms with Crippen molar-refractivity contribution >= 4 is 17.0 Å². The number of aromatic nitrogens is 4. The Morgan fingerprint density at radius 2 is 1.96 bits per heavy atom. The highest BCUT2D eigenvalue weighted by Crippen LogP contribution is 2.21. The SMILES string of the molecule is CC(C)(C)CN(CCCO)c1nc2c(cnn2-c2ccccc2)c(=O)[nH]1. The molecule has 0 bridgehead atoms. The van der Waals surface area contributed by atoms with E-state index in [1.807, 2.05) is 35.2 Å². The van der Waals surface area contributed by atoms with Gasteiger partial charge in [0.15, 0.2) is 5.65 Å². The molecule has 3 rings (SSSR count). The summed E-state index contributed by atoms with van der Waals surface area (Å²) in [6, 6.07) is 9.62.